The van der Waals surface area contributed by atoms with Gasteiger partial charge in [-0.1, -0.05) is 19.1 Å². The van der Waals surface area contributed by atoms with E-state index in [2.05, 4.69) is 22.0 Å². The fraction of sp³-hybridized carbons (Fsp3) is 0.400. The second kappa shape index (κ2) is 5.03. The van der Waals surface area contributed by atoms with Gasteiger partial charge in [0, 0.05) is 21.9 Å². The predicted octanol–water partition coefficient (Wildman–Crippen LogP) is 3.27. The summed E-state index contributed by atoms with van der Waals surface area (Å²) in [7, 11) is 0. The van der Waals surface area contributed by atoms with Crippen molar-refractivity contribution in [3.05, 3.63) is 28.2 Å². The molecule has 13 heavy (non-hydrogen) atoms. The summed E-state index contributed by atoms with van der Waals surface area (Å²) in [5.41, 5.74) is 1.18. The molecule has 0 aliphatic heterocycles. The third kappa shape index (κ3) is 2.48. The molecule has 3 heteroatoms. The maximum Gasteiger partial charge on any atom is 0.0497 e. The number of hydrogen-bond donors (Lipinski definition) is 1. The highest BCUT2D eigenvalue weighted by molar-refractivity contribution is 9.10. The van der Waals surface area contributed by atoms with E-state index in [0.29, 0.717) is 0 Å². The minimum Gasteiger partial charge on any atom is -0.396 e. The van der Waals surface area contributed by atoms with Crippen LogP contribution in [0.5, 0.6) is 0 Å². The Labute approximate surface area is 91.7 Å². The van der Waals surface area contributed by atoms with Crippen molar-refractivity contribution in [1.82, 2.24) is 0 Å². The fourth-order valence-electron chi connectivity index (χ4n) is 1.16. The fourth-order valence-corrected chi connectivity index (χ4v) is 2.82. The normalized spacial score (nSPS) is 12.9. The van der Waals surface area contributed by atoms with Crippen LogP contribution in [0.1, 0.15) is 18.4 Å². The summed E-state index contributed by atoms with van der Waals surface area (Å²) in [5.74, 6) is 0.196. The van der Waals surface area contributed by atoms with Crippen molar-refractivity contribution in [3.63, 3.8) is 0 Å². The number of rotatable bonds is 3. The number of halogens is 1. The summed E-state index contributed by atoms with van der Waals surface area (Å²) < 4.78 is 1.11. The lowest BCUT2D eigenvalue weighted by atomic mass is 10.0. The van der Waals surface area contributed by atoms with E-state index in [4.69, 9.17) is 5.11 Å². The summed E-state index contributed by atoms with van der Waals surface area (Å²) >= 11 is 5.26. The van der Waals surface area contributed by atoms with Crippen molar-refractivity contribution in [3.8, 4) is 0 Å². The van der Waals surface area contributed by atoms with E-state index in [1.54, 1.807) is 11.8 Å². The first-order valence-electron chi connectivity index (χ1n) is 4.14. The molecule has 0 spiro atoms. The van der Waals surface area contributed by atoms with Crippen molar-refractivity contribution in [1.29, 1.82) is 0 Å². The number of hydrogen-bond acceptors (Lipinski definition) is 2. The van der Waals surface area contributed by atoms with Gasteiger partial charge in [0.1, 0.15) is 0 Å². The van der Waals surface area contributed by atoms with Crippen LogP contribution in [0.2, 0.25) is 0 Å². The van der Waals surface area contributed by atoms with Crippen molar-refractivity contribution >= 4 is 27.7 Å². The van der Waals surface area contributed by atoms with E-state index in [9.17, 15) is 0 Å². The SMILES string of the molecule is CSc1cccc(C(C)CO)c1Br. The number of thioether (sulfide) groups is 1. The number of benzene rings is 1. The van der Waals surface area contributed by atoms with E-state index < -0.39 is 0 Å². The van der Waals surface area contributed by atoms with Crippen LogP contribution < -0.4 is 0 Å². The molecule has 1 rings (SSSR count). The van der Waals surface area contributed by atoms with E-state index in [1.165, 1.54) is 10.5 Å². The van der Waals surface area contributed by atoms with Crippen LogP contribution >= 0.6 is 27.7 Å². The van der Waals surface area contributed by atoms with E-state index in [0.717, 1.165) is 4.47 Å². The van der Waals surface area contributed by atoms with Crippen molar-refractivity contribution in [2.45, 2.75) is 17.7 Å². The second-order valence-corrected chi connectivity index (χ2v) is 4.59. The van der Waals surface area contributed by atoms with Gasteiger partial charge in [-0.25, -0.2) is 0 Å². The first kappa shape index (κ1) is 11.1. The molecule has 0 aromatic heterocycles. The second-order valence-electron chi connectivity index (χ2n) is 2.95. The topological polar surface area (TPSA) is 20.2 Å². The zero-order valence-corrected chi connectivity index (χ0v) is 10.2. The van der Waals surface area contributed by atoms with Crippen LogP contribution in [0.15, 0.2) is 27.6 Å². The molecule has 1 nitrogen and oxygen atoms in total. The lowest BCUT2D eigenvalue weighted by Crippen LogP contribution is -2.00. The maximum absolute atomic E-state index is 9.05. The number of aliphatic hydroxyl groups is 1. The van der Waals surface area contributed by atoms with E-state index in [-0.39, 0.29) is 12.5 Å². The molecular formula is C10H13BrOS. The molecule has 0 fully saturated rings. The van der Waals surface area contributed by atoms with Crippen LogP contribution in [0.3, 0.4) is 0 Å². The molecule has 0 aliphatic carbocycles. The van der Waals surface area contributed by atoms with Gasteiger partial charge in [-0.3, -0.25) is 0 Å². The largest absolute Gasteiger partial charge is 0.396 e. The van der Waals surface area contributed by atoms with Crippen LogP contribution in [0.25, 0.3) is 0 Å². The molecule has 72 valence electrons. The van der Waals surface area contributed by atoms with Gasteiger partial charge in [0.05, 0.1) is 0 Å². The van der Waals surface area contributed by atoms with Gasteiger partial charge in [-0.15, -0.1) is 11.8 Å². The van der Waals surface area contributed by atoms with Gasteiger partial charge in [0.25, 0.3) is 0 Å². The standard InChI is InChI=1S/C10H13BrOS/c1-7(6-12)8-4-3-5-9(13-2)10(8)11/h3-5,7,12H,6H2,1-2H3. The van der Waals surface area contributed by atoms with Gasteiger partial charge in [0.2, 0.25) is 0 Å². The molecular weight excluding hydrogens is 248 g/mol. The summed E-state index contributed by atoms with van der Waals surface area (Å²) in [5, 5.41) is 9.05. The summed E-state index contributed by atoms with van der Waals surface area (Å²) in [6.07, 6.45) is 2.05. The van der Waals surface area contributed by atoms with Gasteiger partial charge in [-0.2, -0.15) is 0 Å². The molecule has 0 radical (unpaired) electrons. The van der Waals surface area contributed by atoms with Crippen molar-refractivity contribution < 1.29 is 5.11 Å². The van der Waals surface area contributed by atoms with Crippen LogP contribution in [0.4, 0.5) is 0 Å². The molecule has 1 aromatic rings. The molecule has 0 heterocycles. The van der Waals surface area contributed by atoms with Crippen molar-refractivity contribution in [2.24, 2.45) is 0 Å². The van der Waals surface area contributed by atoms with Crippen LogP contribution in [-0.4, -0.2) is 18.0 Å². The van der Waals surface area contributed by atoms with Crippen LogP contribution in [-0.2, 0) is 0 Å². The predicted molar refractivity (Wildman–Crippen MR) is 61.4 cm³/mol. The minimum absolute atomic E-state index is 0.191. The summed E-state index contributed by atoms with van der Waals surface area (Å²) in [6, 6.07) is 6.14. The summed E-state index contributed by atoms with van der Waals surface area (Å²) in [4.78, 5) is 1.22. The van der Waals surface area contributed by atoms with E-state index in [1.807, 2.05) is 25.3 Å². The van der Waals surface area contributed by atoms with Crippen LogP contribution in [0, 0.1) is 0 Å². The average Bonchev–Trinajstić information content (AvgIpc) is 2.17. The minimum atomic E-state index is 0.191. The Balaban J connectivity index is 3.08. The molecule has 0 amide bonds. The first-order valence-corrected chi connectivity index (χ1v) is 6.15. The quantitative estimate of drug-likeness (QED) is 0.843. The smallest absolute Gasteiger partial charge is 0.0497 e. The third-order valence-electron chi connectivity index (χ3n) is 2.02. The van der Waals surface area contributed by atoms with Gasteiger partial charge >= 0.3 is 0 Å². The Bertz CT molecular complexity index is 288. The third-order valence-corrected chi connectivity index (χ3v) is 3.95. The molecule has 1 atom stereocenters. The van der Waals surface area contributed by atoms with Crippen molar-refractivity contribution in [2.75, 3.05) is 12.9 Å². The Morgan fingerprint density at radius 3 is 2.77 bits per heavy atom. The molecule has 0 saturated carbocycles. The van der Waals surface area contributed by atoms with Gasteiger partial charge in [-0.05, 0) is 33.8 Å². The van der Waals surface area contributed by atoms with Gasteiger partial charge in [0.15, 0.2) is 0 Å². The molecule has 1 aromatic carbocycles. The highest BCUT2D eigenvalue weighted by Gasteiger charge is 2.10. The Morgan fingerprint density at radius 1 is 1.54 bits per heavy atom. The Kier molecular flexibility index (Phi) is 4.29. The monoisotopic (exact) mass is 260 g/mol. The molecule has 1 N–H and O–H groups in total. The first-order chi connectivity index (χ1) is 6.20. The Morgan fingerprint density at radius 2 is 2.23 bits per heavy atom. The lowest BCUT2D eigenvalue weighted by Gasteiger charge is -2.12. The molecule has 0 saturated heterocycles. The zero-order chi connectivity index (χ0) is 9.84. The van der Waals surface area contributed by atoms with Gasteiger partial charge < -0.3 is 5.11 Å². The number of aliphatic hydroxyl groups excluding tert-OH is 1. The molecule has 1 unspecified atom stereocenters. The molecule has 0 bridgehead atoms. The average molecular weight is 261 g/mol. The maximum atomic E-state index is 9.05. The zero-order valence-electron chi connectivity index (χ0n) is 7.75. The lowest BCUT2D eigenvalue weighted by molar-refractivity contribution is 0.272. The van der Waals surface area contributed by atoms with E-state index >= 15 is 0 Å². The molecule has 0 aliphatic rings. The summed E-state index contributed by atoms with van der Waals surface area (Å²) in [6.45, 7) is 2.21. The Hall–Kier alpha value is 0.01000. The highest BCUT2D eigenvalue weighted by Crippen LogP contribution is 2.32. The highest BCUT2D eigenvalue weighted by atomic mass is 79.9.